The van der Waals surface area contributed by atoms with E-state index in [1.54, 1.807) is 24.1 Å². The van der Waals surface area contributed by atoms with Crippen molar-refractivity contribution in [1.82, 2.24) is 9.80 Å². The number of rotatable bonds is 6. The van der Waals surface area contributed by atoms with E-state index in [1.165, 1.54) is 12.1 Å². The van der Waals surface area contributed by atoms with Crippen LogP contribution < -0.4 is 4.74 Å². The first-order chi connectivity index (χ1) is 12.4. The molecule has 0 spiro atoms. The van der Waals surface area contributed by atoms with Crippen LogP contribution in [0.15, 0.2) is 24.3 Å². The third kappa shape index (κ3) is 4.71. The van der Waals surface area contributed by atoms with Crippen molar-refractivity contribution >= 4 is 11.8 Å². The summed E-state index contributed by atoms with van der Waals surface area (Å²) in [5.74, 6) is 0.573. The maximum Gasteiger partial charge on any atom is 0.387 e. The van der Waals surface area contributed by atoms with Gasteiger partial charge in [-0.3, -0.25) is 9.59 Å². The van der Waals surface area contributed by atoms with Gasteiger partial charge in [-0.05, 0) is 43.4 Å². The number of amides is 2. The summed E-state index contributed by atoms with van der Waals surface area (Å²) in [6.45, 7) is -1.13. The highest BCUT2D eigenvalue weighted by molar-refractivity contribution is 5.82. The molecular weight excluding hydrogens is 342 g/mol. The quantitative estimate of drug-likeness (QED) is 0.778. The molecule has 26 heavy (non-hydrogen) atoms. The van der Waals surface area contributed by atoms with Crippen LogP contribution in [0.2, 0.25) is 0 Å². The summed E-state index contributed by atoms with van der Waals surface area (Å²) < 4.78 is 28.7. The number of halogens is 2. The lowest BCUT2D eigenvalue weighted by molar-refractivity contribution is -0.140. The maximum atomic E-state index is 12.6. The van der Waals surface area contributed by atoms with Gasteiger partial charge in [0, 0.05) is 38.5 Å². The summed E-state index contributed by atoms with van der Waals surface area (Å²) in [6.07, 6.45) is 3.40. The molecule has 0 aromatic heterocycles. The van der Waals surface area contributed by atoms with E-state index in [4.69, 9.17) is 0 Å². The normalized spacial score (nSPS) is 18.1. The molecule has 1 aromatic carbocycles. The van der Waals surface area contributed by atoms with Gasteiger partial charge in [0.05, 0.1) is 0 Å². The Kier molecular flexibility index (Phi) is 5.74. The zero-order valence-corrected chi connectivity index (χ0v) is 14.9. The predicted molar refractivity (Wildman–Crippen MR) is 91.6 cm³/mol. The van der Waals surface area contributed by atoms with Crippen LogP contribution in [0.25, 0.3) is 0 Å². The molecule has 2 fully saturated rings. The predicted octanol–water partition coefficient (Wildman–Crippen LogP) is 2.90. The highest BCUT2D eigenvalue weighted by atomic mass is 19.3. The Labute approximate surface area is 151 Å². The van der Waals surface area contributed by atoms with E-state index in [0.29, 0.717) is 32.5 Å². The molecule has 5 nitrogen and oxygen atoms in total. The highest BCUT2D eigenvalue weighted by Crippen LogP contribution is 2.32. The lowest BCUT2D eigenvalue weighted by Crippen LogP contribution is -2.43. The molecule has 0 N–H and O–H groups in total. The summed E-state index contributed by atoms with van der Waals surface area (Å²) in [5, 5.41) is 0. The van der Waals surface area contributed by atoms with E-state index in [1.807, 2.05) is 4.90 Å². The second-order valence-electron chi connectivity index (χ2n) is 7.09. The van der Waals surface area contributed by atoms with Crippen molar-refractivity contribution < 1.29 is 23.1 Å². The SMILES string of the molecule is CN(Cc1ccc(OC(F)F)cc1)C(=O)C1CCN(C(=O)C2CC2)CC1. The largest absolute Gasteiger partial charge is 0.435 e. The van der Waals surface area contributed by atoms with Crippen LogP contribution in [0.5, 0.6) is 5.75 Å². The first-order valence-electron chi connectivity index (χ1n) is 9.01. The average molecular weight is 366 g/mol. The van der Waals surface area contributed by atoms with E-state index in [0.717, 1.165) is 18.4 Å². The molecule has 1 aliphatic heterocycles. The van der Waals surface area contributed by atoms with Crippen LogP contribution in [0.3, 0.4) is 0 Å². The fourth-order valence-electron chi connectivity index (χ4n) is 3.38. The zero-order valence-electron chi connectivity index (χ0n) is 14.9. The molecule has 0 radical (unpaired) electrons. The Morgan fingerprint density at radius 2 is 1.73 bits per heavy atom. The third-order valence-electron chi connectivity index (χ3n) is 5.03. The molecule has 2 aliphatic rings. The van der Waals surface area contributed by atoms with Crippen LogP contribution in [-0.2, 0) is 16.1 Å². The number of hydrogen-bond donors (Lipinski definition) is 0. The van der Waals surface area contributed by atoms with Gasteiger partial charge in [0.25, 0.3) is 0 Å². The third-order valence-corrected chi connectivity index (χ3v) is 5.03. The number of carbonyl (C=O) groups is 2. The van der Waals surface area contributed by atoms with Crippen LogP contribution >= 0.6 is 0 Å². The molecule has 7 heteroatoms. The number of likely N-dealkylation sites (tertiary alicyclic amines) is 1. The highest BCUT2D eigenvalue weighted by Gasteiger charge is 2.36. The summed E-state index contributed by atoms with van der Waals surface area (Å²) >= 11 is 0. The summed E-state index contributed by atoms with van der Waals surface area (Å²) in [5.41, 5.74) is 0.851. The van der Waals surface area contributed by atoms with Gasteiger partial charge in [0.2, 0.25) is 11.8 Å². The molecular formula is C19H24F2N2O3. The number of piperidine rings is 1. The van der Waals surface area contributed by atoms with Gasteiger partial charge in [-0.1, -0.05) is 12.1 Å². The first-order valence-corrected chi connectivity index (χ1v) is 9.01. The number of carbonyl (C=O) groups excluding carboxylic acids is 2. The van der Waals surface area contributed by atoms with E-state index < -0.39 is 6.61 Å². The molecule has 3 rings (SSSR count). The van der Waals surface area contributed by atoms with Gasteiger partial charge in [0.1, 0.15) is 5.75 Å². The fourth-order valence-corrected chi connectivity index (χ4v) is 3.38. The van der Waals surface area contributed by atoms with Crippen molar-refractivity contribution in [2.45, 2.75) is 38.8 Å². The summed E-state index contributed by atoms with van der Waals surface area (Å²) in [7, 11) is 1.74. The Balaban J connectivity index is 1.47. The Hall–Kier alpha value is -2.18. The molecule has 1 saturated heterocycles. The number of ether oxygens (including phenoxy) is 1. The van der Waals surface area contributed by atoms with Gasteiger partial charge in [0.15, 0.2) is 0 Å². The van der Waals surface area contributed by atoms with Crippen molar-refractivity contribution in [3.63, 3.8) is 0 Å². The van der Waals surface area contributed by atoms with Crippen molar-refractivity contribution in [2.24, 2.45) is 11.8 Å². The number of hydrogen-bond acceptors (Lipinski definition) is 3. The van der Waals surface area contributed by atoms with Crippen LogP contribution in [0, 0.1) is 11.8 Å². The Morgan fingerprint density at radius 3 is 2.27 bits per heavy atom. The molecule has 1 aliphatic carbocycles. The lowest BCUT2D eigenvalue weighted by Gasteiger charge is -2.33. The molecule has 142 valence electrons. The van der Waals surface area contributed by atoms with E-state index in [9.17, 15) is 18.4 Å². The number of alkyl halides is 2. The van der Waals surface area contributed by atoms with Crippen molar-refractivity contribution in [2.75, 3.05) is 20.1 Å². The van der Waals surface area contributed by atoms with E-state index in [2.05, 4.69) is 4.74 Å². The second kappa shape index (κ2) is 8.01. The average Bonchev–Trinajstić information content (AvgIpc) is 3.47. The number of nitrogens with zero attached hydrogens (tertiary/aromatic N) is 2. The molecule has 2 amide bonds. The van der Waals surface area contributed by atoms with Gasteiger partial charge in [-0.25, -0.2) is 0 Å². The van der Waals surface area contributed by atoms with Gasteiger partial charge >= 0.3 is 6.61 Å². The van der Waals surface area contributed by atoms with Crippen LogP contribution in [0.4, 0.5) is 8.78 Å². The maximum absolute atomic E-state index is 12.6. The zero-order chi connectivity index (χ0) is 18.7. The second-order valence-corrected chi connectivity index (χ2v) is 7.09. The van der Waals surface area contributed by atoms with E-state index in [-0.39, 0.29) is 29.4 Å². The molecule has 1 aromatic rings. The Morgan fingerprint density at radius 1 is 1.12 bits per heavy atom. The standard InChI is InChI=1S/C19H24F2N2O3/c1-22(12-13-2-6-16(7-3-13)26-19(20)21)17(24)15-8-10-23(11-9-15)18(25)14-4-5-14/h2-3,6-7,14-15,19H,4-5,8-12H2,1H3. The van der Waals surface area contributed by atoms with Gasteiger partial charge in [-0.15, -0.1) is 0 Å². The minimum atomic E-state index is -2.84. The fraction of sp³-hybridized carbons (Fsp3) is 0.579. The monoisotopic (exact) mass is 366 g/mol. The van der Waals surface area contributed by atoms with Crippen molar-refractivity contribution in [1.29, 1.82) is 0 Å². The van der Waals surface area contributed by atoms with Crippen molar-refractivity contribution in [3.05, 3.63) is 29.8 Å². The molecule has 0 unspecified atom stereocenters. The topological polar surface area (TPSA) is 49.9 Å². The summed E-state index contributed by atoms with van der Waals surface area (Å²) in [4.78, 5) is 28.3. The van der Waals surface area contributed by atoms with E-state index >= 15 is 0 Å². The molecule has 0 bridgehead atoms. The Bertz CT molecular complexity index is 639. The molecule has 0 atom stereocenters. The molecule has 1 heterocycles. The van der Waals surface area contributed by atoms with Crippen LogP contribution in [-0.4, -0.2) is 48.4 Å². The van der Waals surface area contributed by atoms with Crippen molar-refractivity contribution in [3.8, 4) is 5.75 Å². The van der Waals surface area contributed by atoms with Gasteiger partial charge < -0.3 is 14.5 Å². The lowest BCUT2D eigenvalue weighted by atomic mass is 9.95. The minimum absolute atomic E-state index is 0.0651. The molecule has 1 saturated carbocycles. The van der Waals surface area contributed by atoms with Gasteiger partial charge in [-0.2, -0.15) is 8.78 Å². The smallest absolute Gasteiger partial charge is 0.387 e. The van der Waals surface area contributed by atoms with Crippen LogP contribution in [0.1, 0.15) is 31.2 Å². The minimum Gasteiger partial charge on any atom is -0.435 e. The number of benzene rings is 1. The first kappa shape index (κ1) is 18.6. The summed E-state index contributed by atoms with van der Waals surface area (Å²) in [6, 6.07) is 6.31.